The van der Waals surface area contributed by atoms with E-state index in [1.54, 1.807) is 4.68 Å². The third kappa shape index (κ3) is 3.54. The van der Waals surface area contributed by atoms with E-state index in [4.69, 9.17) is 0 Å². The lowest BCUT2D eigenvalue weighted by atomic mass is 10.0. The van der Waals surface area contributed by atoms with Crippen LogP contribution in [0.2, 0.25) is 0 Å². The van der Waals surface area contributed by atoms with Crippen molar-refractivity contribution in [3.8, 4) is 5.69 Å². The fourth-order valence-corrected chi connectivity index (χ4v) is 5.11. The molecule has 0 unspecified atom stereocenters. The van der Waals surface area contributed by atoms with E-state index in [0.29, 0.717) is 29.7 Å². The maximum absolute atomic E-state index is 12.5. The van der Waals surface area contributed by atoms with Gasteiger partial charge in [0.2, 0.25) is 5.91 Å². The van der Waals surface area contributed by atoms with Gasteiger partial charge in [-0.1, -0.05) is 43.9 Å². The number of benzene rings is 1. The summed E-state index contributed by atoms with van der Waals surface area (Å²) in [6.07, 6.45) is 6.61. The molecule has 0 radical (unpaired) electrons. The SMILES string of the molecule is O=C(CCC1CCCC1)Nc1c2c(nn1-c1ccccc1)C[S@@](=O)C2. The summed E-state index contributed by atoms with van der Waals surface area (Å²) >= 11 is 0. The Hall–Kier alpha value is -1.95. The van der Waals surface area contributed by atoms with Gasteiger partial charge in [0.1, 0.15) is 5.82 Å². The molecular weight excluding hydrogens is 334 g/mol. The lowest BCUT2D eigenvalue weighted by Gasteiger charge is -2.12. The standard InChI is InChI=1S/C19H23N3O2S/c23-18(11-10-14-6-4-5-7-14)20-19-16-12-25(24)13-17(16)21-22(19)15-8-2-1-3-9-15/h1-3,8-9,14H,4-7,10-13H2,(H,20,23)/t25-/m0/s1. The number of carbonyl (C=O) groups excluding carboxylic acids is 1. The van der Waals surface area contributed by atoms with E-state index < -0.39 is 10.8 Å². The molecular formula is C19H23N3O2S. The molecule has 2 heterocycles. The minimum absolute atomic E-state index is 0.0319. The van der Waals surface area contributed by atoms with Crippen molar-refractivity contribution in [2.45, 2.75) is 50.0 Å². The lowest BCUT2D eigenvalue weighted by Crippen LogP contribution is -2.17. The van der Waals surface area contributed by atoms with Gasteiger partial charge >= 0.3 is 0 Å². The van der Waals surface area contributed by atoms with E-state index in [1.165, 1.54) is 25.7 Å². The summed E-state index contributed by atoms with van der Waals surface area (Å²) in [5, 5.41) is 7.67. The largest absolute Gasteiger partial charge is 0.310 e. The topological polar surface area (TPSA) is 64.0 Å². The minimum atomic E-state index is -0.911. The number of carbonyl (C=O) groups is 1. The zero-order valence-corrected chi connectivity index (χ0v) is 15.1. The van der Waals surface area contributed by atoms with Crippen LogP contribution in [0.4, 0.5) is 5.82 Å². The summed E-state index contributed by atoms with van der Waals surface area (Å²) in [7, 11) is -0.911. The van der Waals surface area contributed by atoms with Gasteiger partial charge in [0.25, 0.3) is 0 Å². The highest BCUT2D eigenvalue weighted by Crippen LogP contribution is 2.32. The first kappa shape index (κ1) is 16.5. The second-order valence-corrected chi connectivity index (χ2v) is 8.44. The average molecular weight is 357 g/mol. The Kier molecular flexibility index (Phi) is 4.70. The third-order valence-electron chi connectivity index (χ3n) is 5.18. The van der Waals surface area contributed by atoms with Gasteiger partial charge in [0.05, 0.1) is 22.9 Å². The number of aromatic nitrogens is 2. The van der Waals surface area contributed by atoms with E-state index in [2.05, 4.69) is 10.4 Å². The summed E-state index contributed by atoms with van der Waals surface area (Å²) in [6.45, 7) is 0. The number of para-hydroxylation sites is 1. The number of amides is 1. The summed E-state index contributed by atoms with van der Waals surface area (Å²) in [5.74, 6) is 2.37. The molecule has 6 heteroatoms. The Morgan fingerprint density at radius 2 is 1.96 bits per heavy atom. The summed E-state index contributed by atoms with van der Waals surface area (Å²) in [5.41, 5.74) is 2.68. The van der Waals surface area contributed by atoms with Crippen molar-refractivity contribution in [1.82, 2.24) is 9.78 Å². The predicted molar refractivity (Wildman–Crippen MR) is 98.9 cm³/mol. The predicted octanol–water partition coefficient (Wildman–Crippen LogP) is 3.54. The molecule has 0 bridgehead atoms. The highest BCUT2D eigenvalue weighted by atomic mass is 32.2. The Balaban J connectivity index is 1.55. The Morgan fingerprint density at radius 3 is 2.72 bits per heavy atom. The van der Waals surface area contributed by atoms with Crippen LogP contribution in [0.15, 0.2) is 30.3 Å². The summed E-state index contributed by atoms with van der Waals surface area (Å²) < 4.78 is 13.7. The van der Waals surface area contributed by atoms with Gasteiger partial charge in [-0.15, -0.1) is 0 Å². The Morgan fingerprint density at radius 1 is 1.20 bits per heavy atom. The summed E-state index contributed by atoms with van der Waals surface area (Å²) in [4.78, 5) is 12.5. The molecule has 2 aliphatic rings. The van der Waals surface area contributed by atoms with Crippen LogP contribution >= 0.6 is 0 Å². The van der Waals surface area contributed by atoms with Crippen LogP contribution in [0.5, 0.6) is 0 Å². The van der Waals surface area contributed by atoms with E-state index in [0.717, 1.165) is 23.4 Å². The number of nitrogens with one attached hydrogen (secondary N) is 1. The van der Waals surface area contributed by atoms with Gasteiger partial charge in [-0.3, -0.25) is 9.00 Å². The van der Waals surface area contributed by atoms with Gasteiger partial charge < -0.3 is 5.32 Å². The number of hydrogen-bond donors (Lipinski definition) is 1. The van der Waals surface area contributed by atoms with E-state index in [1.807, 2.05) is 30.3 Å². The van der Waals surface area contributed by atoms with Crippen molar-refractivity contribution in [3.05, 3.63) is 41.6 Å². The monoisotopic (exact) mass is 357 g/mol. The quantitative estimate of drug-likeness (QED) is 0.890. The maximum Gasteiger partial charge on any atom is 0.225 e. The first-order chi connectivity index (χ1) is 12.2. The maximum atomic E-state index is 12.5. The van der Waals surface area contributed by atoms with Crippen molar-refractivity contribution < 1.29 is 9.00 Å². The van der Waals surface area contributed by atoms with E-state index in [9.17, 15) is 9.00 Å². The van der Waals surface area contributed by atoms with Gasteiger partial charge in [0, 0.05) is 22.8 Å². The van der Waals surface area contributed by atoms with Gasteiger partial charge in [-0.25, -0.2) is 4.68 Å². The van der Waals surface area contributed by atoms with Crippen molar-refractivity contribution in [1.29, 1.82) is 0 Å². The van der Waals surface area contributed by atoms with Crippen LogP contribution < -0.4 is 5.32 Å². The second-order valence-electron chi connectivity index (χ2n) is 6.99. The molecule has 0 saturated heterocycles. The van der Waals surface area contributed by atoms with Crippen LogP contribution in [-0.2, 0) is 27.1 Å². The Labute approximate surface area is 150 Å². The molecule has 1 aromatic heterocycles. The molecule has 0 spiro atoms. The highest BCUT2D eigenvalue weighted by molar-refractivity contribution is 7.83. The summed E-state index contributed by atoms with van der Waals surface area (Å²) in [6, 6.07) is 9.79. The van der Waals surface area contributed by atoms with Gasteiger partial charge in [-0.05, 0) is 24.5 Å². The third-order valence-corrected chi connectivity index (χ3v) is 6.39. The molecule has 4 rings (SSSR count). The molecule has 1 N–H and O–H groups in total. The molecule has 1 saturated carbocycles. The van der Waals surface area contributed by atoms with Crippen LogP contribution in [0.25, 0.3) is 5.69 Å². The van der Waals surface area contributed by atoms with Crippen molar-refractivity contribution in [3.63, 3.8) is 0 Å². The highest BCUT2D eigenvalue weighted by Gasteiger charge is 2.28. The molecule has 1 atom stereocenters. The zero-order chi connectivity index (χ0) is 17.2. The molecule has 5 nitrogen and oxygen atoms in total. The fraction of sp³-hybridized carbons (Fsp3) is 0.474. The van der Waals surface area contributed by atoms with Crippen molar-refractivity contribution in [2.24, 2.45) is 5.92 Å². The molecule has 132 valence electrons. The normalized spacial score (nSPS) is 19.9. The molecule has 1 aliphatic heterocycles. The zero-order valence-electron chi connectivity index (χ0n) is 14.2. The minimum Gasteiger partial charge on any atom is -0.310 e. The van der Waals surface area contributed by atoms with Gasteiger partial charge in [0.15, 0.2) is 0 Å². The van der Waals surface area contributed by atoms with Crippen LogP contribution in [0.1, 0.15) is 49.8 Å². The van der Waals surface area contributed by atoms with Gasteiger partial charge in [-0.2, -0.15) is 5.10 Å². The molecule has 1 amide bonds. The van der Waals surface area contributed by atoms with E-state index in [-0.39, 0.29) is 5.91 Å². The second kappa shape index (κ2) is 7.12. The fourth-order valence-electron chi connectivity index (χ4n) is 3.84. The Bertz CT molecular complexity index is 795. The molecule has 25 heavy (non-hydrogen) atoms. The lowest BCUT2D eigenvalue weighted by molar-refractivity contribution is -0.116. The average Bonchev–Trinajstić information content (AvgIpc) is 3.32. The first-order valence-corrected chi connectivity index (χ1v) is 10.5. The number of anilines is 1. The molecule has 1 aromatic carbocycles. The molecule has 1 fully saturated rings. The smallest absolute Gasteiger partial charge is 0.225 e. The van der Waals surface area contributed by atoms with E-state index >= 15 is 0 Å². The van der Waals surface area contributed by atoms with Crippen molar-refractivity contribution in [2.75, 3.05) is 5.32 Å². The number of fused-ring (bicyclic) bond motifs is 1. The first-order valence-electron chi connectivity index (χ1n) is 9.02. The number of hydrogen-bond acceptors (Lipinski definition) is 3. The van der Waals surface area contributed by atoms with Crippen molar-refractivity contribution >= 4 is 22.5 Å². The number of rotatable bonds is 5. The van der Waals surface area contributed by atoms with Crippen LogP contribution in [-0.4, -0.2) is 19.9 Å². The molecule has 2 aromatic rings. The van der Waals surface area contributed by atoms with Crippen LogP contribution in [0, 0.1) is 5.92 Å². The van der Waals surface area contributed by atoms with Crippen LogP contribution in [0.3, 0.4) is 0 Å². The molecule has 1 aliphatic carbocycles. The number of nitrogens with zero attached hydrogens (tertiary/aromatic N) is 2.